The van der Waals surface area contributed by atoms with Crippen molar-refractivity contribution >= 4 is 74.8 Å². The van der Waals surface area contributed by atoms with Crippen LogP contribution in [0.5, 0.6) is 17.2 Å². The summed E-state index contributed by atoms with van der Waals surface area (Å²) in [7, 11) is 3.08. The average molecular weight is 914 g/mol. The van der Waals surface area contributed by atoms with Crippen molar-refractivity contribution in [2.45, 2.75) is 76.8 Å². The van der Waals surface area contributed by atoms with E-state index in [1.54, 1.807) is 42.3 Å². The monoisotopic (exact) mass is 912 g/mol. The number of unbranched alkanes of at least 4 members (excludes halogenated alkanes) is 5. The molecular weight excluding hydrogens is 859 g/mol. The van der Waals surface area contributed by atoms with Gasteiger partial charge in [-0.2, -0.15) is 5.26 Å². The Kier molecular flexibility index (Phi) is 15.7. The van der Waals surface area contributed by atoms with Gasteiger partial charge in [0.05, 0.1) is 53.3 Å². The van der Waals surface area contributed by atoms with E-state index in [4.69, 9.17) is 37.4 Å². The first kappa shape index (κ1) is 46.2. The number of hydrogen-bond donors (Lipinski definition) is 3. The summed E-state index contributed by atoms with van der Waals surface area (Å²) in [6, 6.07) is 14.1. The minimum absolute atomic E-state index is 0.167. The molecule has 2 saturated heterocycles. The van der Waals surface area contributed by atoms with Crippen molar-refractivity contribution in [1.29, 1.82) is 5.26 Å². The molecule has 0 spiro atoms. The van der Waals surface area contributed by atoms with Crippen molar-refractivity contribution in [3.05, 3.63) is 75.4 Å². The maximum absolute atomic E-state index is 13.1. The Morgan fingerprint density at radius 3 is 2.42 bits per heavy atom. The van der Waals surface area contributed by atoms with Crippen LogP contribution < -0.4 is 30.2 Å². The third-order valence-corrected chi connectivity index (χ3v) is 12.7. The van der Waals surface area contributed by atoms with Gasteiger partial charge in [-0.15, -0.1) is 0 Å². The SMILES string of the molecule is COc1cc(Nc2c(C#N)cnc3cc(OCCCN4CCN(C(=O)CCCCCCCCNc5cccc6c5CN(C5CCC(=O)NC5=O)C6=O)CC4)c(OC)cc23)c(Cl)cc1Cl. The molecule has 4 aromatic rings. The van der Waals surface area contributed by atoms with Crippen LogP contribution in [-0.2, 0) is 20.9 Å². The number of fused-ring (bicyclic) bond motifs is 2. The lowest BCUT2D eigenvalue weighted by atomic mass is 10.0. The van der Waals surface area contributed by atoms with E-state index in [-0.39, 0.29) is 24.1 Å². The minimum Gasteiger partial charge on any atom is -0.495 e. The fraction of sp³-hybridized carbons (Fsp3) is 0.447. The van der Waals surface area contributed by atoms with Gasteiger partial charge in [-0.25, -0.2) is 0 Å². The molecule has 3 aromatic carbocycles. The fourth-order valence-electron chi connectivity index (χ4n) is 8.54. The number of halogens is 2. The number of carbonyl (C=O) groups excluding carboxylic acids is 4. The lowest BCUT2D eigenvalue weighted by Crippen LogP contribution is -2.52. The standard InChI is InChI=1S/C47H54Cl2N8O7/c1-62-40-26-38(34(48)24-35(40)49)53-45-30(27-50)28-52-37-25-42(41(63-2)23-32(37)45)64-22-10-17-55-18-20-56(21-19-55)44(59)13-7-5-3-4-6-8-16-51-36-12-9-11-31-33(36)29-57(47(31)61)39-14-15-43(58)54-46(39)60/h9,11-12,23-26,28,39,51H,3-8,10,13-22,29H2,1-2H3,(H,52,53)(H,54,58,60). The van der Waals surface area contributed by atoms with Gasteiger partial charge in [0, 0.05) is 99.2 Å². The molecule has 4 heterocycles. The normalized spacial score (nSPS) is 16.4. The van der Waals surface area contributed by atoms with Crippen molar-refractivity contribution in [3.8, 4) is 23.3 Å². The molecule has 4 amide bonds. The topological polar surface area (TPSA) is 178 Å². The minimum atomic E-state index is -0.624. The van der Waals surface area contributed by atoms with E-state index in [2.05, 4.69) is 31.9 Å². The predicted octanol–water partition coefficient (Wildman–Crippen LogP) is 7.69. The molecule has 0 bridgehead atoms. The first-order chi connectivity index (χ1) is 31.1. The highest BCUT2D eigenvalue weighted by atomic mass is 35.5. The van der Waals surface area contributed by atoms with Crippen molar-refractivity contribution in [2.24, 2.45) is 0 Å². The van der Waals surface area contributed by atoms with Crippen molar-refractivity contribution < 1.29 is 33.4 Å². The smallest absolute Gasteiger partial charge is 0.255 e. The Morgan fingerprint density at radius 2 is 1.67 bits per heavy atom. The maximum Gasteiger partial charge on any atom is 0.255 e. The number of carbonyl (C=O) groups is 4. The van der Waals surface area contributed by atoms with Crippen LogP contribution in [0.1, 0.15) is 85.7 Å². The second-order valence-corrected chi connectivity index (χ2v) is 17.0. The third kappa shape index (κ3) is 10.9. The van der Waals surface area contributed by atoms with E-state index in [0.717, 1.165) is 95.5 Å². The number of imide groups is 1. The number of piperazine rings is 1. The number of hydrogen-bond acceptors (Lipinski definition) is 12. The number of anilines is 3. The number of piperidine rings is 1. The van der Waals surface area contributed by atoms with Gasteiger partial charge >= 0.3 is 0 Å². The van der Waals surface area contributed by atoms with Crippen molar-refractivity contribution in [3.63, 3.8) is 0 Å². The zero-order valence-electron chi connectivity index (χ0n) is 36.3. The predicted molar refractivity (Wildman–Crippen MR) is 246 cm³/mol. The van der Waals surface area contributed by atoms with Crippen LogP contribution in [0, 0.1) is 11.3 Å². The first-order valence-corrected chi connectivity index (χ1v) is 22.7. The molecule has 7 rings (SSSR count). The molecule has 0 saturated carbocycles. The summed E-state index contributed by atoms with van der Waals surface area (Å²) in [4.78, 5) is 60.6. The van der Waals surface area contributed by atoms with Crippen LogP contribution in [-0.4, -0.2) is 109 Å². The van der Waals surface area contributed by atoms with Crippen molar-refractivity contribution in [2.75, 3.05) is 70.7 Å². The van der Waals surface area contributed by atoms with Gasteiger partial charge in [0.15, 0.2) is 11.5 Å². The summed E-state index contributed by atoms with van der Waals surface area (Å²) >= 11 is 12.7. The van der Waals surface area contributed by atoms with E-state index >= 15 is 0 Å². The molecule has 17 heteroatoms. The van der Waals surface area contributed by atoms with Crippen molar-refractivity contribution in [1.82, 2.24) is 25.0 Å². The van der Waals surface area contributed by atoms with Crippen LogP contribution in [0.15, 0.2) is 48.7 Å². The van der Waals surface area contributed by atoms with E-state index < -0.39 is 11.9 Å². The van der Waals surface area contributed by atoms with E-state index in [1.165, 1.54) is 13.3 Å². The van der Waals surface area contributed by atoms with Crippen LogP contribution in [0.4, 0.5) is 17.1 Å². The van der Waals surface area contributed by atoms with Gasteiger partial charge in [-0.3, -0.25) is 34.4 Å². The molecule has 3 aliphatic rings. The summed E-state index contributed by atoms with van der Waals surface area (Å²) in [6.45, 7) is 5.53. The lowest BCUT2D eigenvalue weighted by Gasteiger charge is -2.34. The quantitative estimate of drug-likeness (QED) is 0.0583. The van der Waals surface area contributed by atoms with E-state index in [0.29, 0.717) is 86.7 Å². The number of amides is 4. The molecule has 0 radical (unpaired) electrons. The summed E-state index contributed by atoms with van der Waals surface area (Å²) in [5.74, 6) is 0.847. The highest BCUT2D eigenvalue weighted by Gasteiger charge is 2.40. The van der Waals surface area contributed by atoms with Gasteiger partial charge in [-0.1, -0.05) is 55.0 Å². The Balaban J connectivity index is 0.768. The summed E-state index contributed by atoms with van der Waals surface area (Å²) < 4.78 is 17.2. The molecule has 338 valence electrons. The second-order valence-electron chi connectivity index (χ2n) is 16.2. The number of ether oxygens (including phenoxy) is 3. The highest BCUT2D eigenvalue weighted by Crippen LogP contribution is 2.41. The number of nitriles is 1. The molecule has 1 unspecified atom stereocenters. The van der Waals surface area contributed by atoms with Gasteiger partial charge in [-0.05, 0) is 49.9 Å². The number of pyridine rings is 1. The first-order valence-electron chi connectivity index (χ1n) is 21.9. The molecule has 1 atom stereocenters. The average Bonchev–Trinajstić information content (AvgIpc) is 3.63. The second kappa shape index (κ2) is 21.7. The maximum atomic E-state index is 13.1. The van der Waals surface area contributed by atoms with Gasteiger partial charge < -0.3 is 34.6 Å². The number of nitrogens with one attached hydrogen (secondary N) is 3. The molecule has 15 nitrogen and oxygen atoms in total. The third-order valence-electron chi connectivity index (χ3n) is 12.1. The van der Waals surface area contributed by atoms with Gasteiger partial charge in [0.25, 0.3) is 5.91 Å². The fourth-order valence-corrected chi connectivity index (χ4v) is 9.05. The number of benzene rings is 3. The van der Waals surface area contributed by atoms with Gasteiger partial charge in [0.1, 0.15) is 17.9 Å². The zero-order chi connectivity index (χ0) is 45.2. The molecule has 0 aliphatic carbocycles. The summed E-state index contributed by atoms with van der Waals surface area (Å²) in [5.41, 5.74) is 4.38. The Bertz CT molecular complexity index is 2420. The van der Waals surface area contributed by atoms with Crippen LogP contribution in [0.3, 0.4) is 0 Å². The largest absolute Gasteiger partial charge is 0.495 e. The molecular formula is C47H54Cl2N8O7. The van der Waals surface area contributed by atoms with Crippen LogP contribution >= 0.6 is 23.2 Å². The Hall–Kier alpha value is -5.82. The van der Waals surface area contributed by atoms with Gasteiger partial charge in [0.2, 0.25) is 17.7 Å². The molecule has 64 heavy (non-hydrogen) atoms. The highest BCUT2D eigenvalue weighted by molar-refractivity contribution is 6.37. The Labute approximate surface area is 383 Å². The molecule has 1 aromatic heterocycles. The van der Waals surface area contributed by atoms with E-state index in [9.17, 15) is 24.4 Å². The molecule has 3 N–H and O–H groups in total. The zero-order valence-corrected chi connectivity index (χ0v) is 37.8. The van der Waals surface area contributed by atoms with Crippen LogP contribution in [0.25, 0.3) is 10.9 Å². The number of nitrogens with zero attached hydrogens (tertiary/aromatic N) is 5. The lowest BCUT2D eigenvalue weighted by molar-refractivity contribution is -0.137. The number of rotatable bonds is 20. The Morgan fingerprint density at radius 1 is 0.906 bits per heavy atom. The summed E-state index contributed by atoms with van der Waals surface area (Å²) in [5, 5.41) is 20.4. The number of methoxy groups -OCH3 is 2. The number of aromatic nitrogens is 1. The molecule has 3 aliphatic heterocycles. The molecule has 2 fully saturated rings. The van der Waals surface area contributed by atoms with Crippen LogP contribution in [0.2, 0.25) is 10.0 Å². The summed E-state index contributed by atoms with van der Waals surface area (Å²) in [6.07, 6.45) is 9.59. The van der Waals surface area contributed by atoms with E-state index in [1.807, 2.05) is 17.0 Å².